The van der Waals surface area contributed by atoms with Crippen molar-refractivity contribution in [2.45, 2.75) is 0 Å². The maximum atomic E-state index is 10.6. The third kappa shape index (κ3) is 7.25. The molecule has 4 aromatic rings. The summed E-state index contributed by atoms with van der Waals surface area (Å²) in [7, 11) is -2.32. The van der Waals surface area contributed by atoms with E-state index in [1.165, 1.54) is 10.6 Å². The Balaban J connectivity index is 0.00000125. The molecule has 2 N–H and O–H groups in total. The summed E-state index contributed by atoms with van der Waals surface area (Å²) in [6.07, 6.45) is 1.98. The Morgan fingerprint density at radius 3 is 1.15 bits per heavy atom. The second-order valence-corrected chi connectivity index (χ2v) is 12.4. The molecular weight excluding hydrogens is 509 g/mol. The summed E-state index contributed by atoms with van der Waals surface area (Å²) in [5, 5.41) is 25.9. The molecule has 33 heavy (non-hydrogen) atoms. The summed E-state index contributed by atoms with van der Waals surface area (Å²) in [6, 6.07) is 36.6. The molecule has 0 saturated heterocycles. The first kappa shape index (κ1) is 27.3. The number of benzene rings is 4. The van der Waals surface area contributed by atoms with Crippen LogP contribution in [0, 0.1) is 0 Å². The number of phenols is 2. The predicted octanol–water partition coefficient (Wildman–Crippen LogP) is 4.43. The third-order valence-electron chi connectivity index (χ3n) is 5.33. The first-order valence-electron chi connectivity index (χ1n) is 10.3. The zero-order valence-electron chi connectivity index (χ0n) is 18.0. The van der Waals surface area contributed by atoms with Crippen LogP contribution in [0.15, 0.2) is 109 Å². The molecule has 0 aliphatic rings. The molecule has 0 aliphatic heterocycles. The maximum absolute atomic E-state index is 10.6. The molecule has 0 heterocycles. The SMILES string of the molecule is Cl.Oc1ccccc1[PH+](CC[PH+](c1ccccc1)c1ccccc1O)c1ccccc1.[O]=[V]. The fourth-order valence-electron chi connectivity index (χ4n) is 3.86. The number of hydrogen-bond donors (Lipinski definition) is 2. The van der Waals surface area contributed by atoms with Crippen molar-refractivity contribution >= 4 is 49.5 Å². The van der Waals surface area contributed by atoms with E-state index in [0.717, 1.165) is 40.3 Å². The van der Waals surface area contributed by atoms with E-state index >= 15 is 0 Å². The van der Waals surface area contributed by atoms with Gasteiger partial charge in [-0.05, 0) is 48.5 Å². The molecule has 7 heteroatoms. The van der Waals surface area contributed by atoms with Gasteiger partial charge in [0, 0.05) is 0 Å². The van der Waals surface area contributed by atoms with E-state index in [4.69, 9.17) is 3.67 Å². The van der Waals surface area contributed by atoms with Crippen molar-refractivity contribution in [1.82, 2.24) is 0 Å². The quantitative estimate of drug-likeness (QED) is 0.344. The molecule has 0 radical (unpaired) electrons. The predicted molar refractivity (Wildman–Crippen MR) is 142 cm³/mol. The van der Waals surface area contributed by atoms with Gasteiger partial charge in [-0.3, -0.25) is 0 Å². The summed E-state index contributed by atoms with van der Waals surface area (Å²) in [5.74, 6) is 0.762. The molecule has 3 nitrogen and oxygen atoms in total. The van der Waals surface area contributed by atoms with Crippen LogP contribution in [0.3, 0.4) is 0 Å². The molecule has 0 aromatic heterocycles. The van der Waals surface area contributed by atoms with Crippen LogP contribution in [0.1, 0.15) is 0 Å². The van der Waals surface area contributed by atoms with Crippen LogP contribution in [0.25, 0.3) is 0 Å². The van der Waals surface area contributed by atoms with E-state index in [1.54, 1.807) is 12.1 Å². The summed E-state index contributed by atoms with van der Waals surface area (Å²) in [5.41, 5.74) is 0. The molecule has 2 atom stereocenters. The minimum atomic E-state index is -1.16. The second kappa shape index (κ2) is 14.3. The number of phenolic OH excluding ortho intramolecular Hbond substituents is 2. The standard InChI is InChI=1S/C26H24O2P2.ClH.O.V/c27-23-15-7-9-17-25(23)29(21-11-3-1-4-12-21)19-20-30(22-13-5-2-6-14-22)26-18-10-8-16-24(26)28;;;/h1-18,27-28H,19-20H2;1H;;/p+2. The van der Waals surface area contributed by atoms with Crippen molar-refractivity contribution in [3.8, 4) is 11.5 Å². The first-order valence-corrected chi connectivity index (χ1v) is 14.3. The van der Waals surface area contributed by atoms with Crippen molar-refractivity contribution in [1.29, 1.82) is 0 Å². The molecule has 0 saturated carbocycles. The van der Waals surface area contributed by atoms with E-state index < -0.39 is 15.8 Å². The van der Waals surface area contributed by atoms with Gasteiger partial charge < -0.3 is 10.2 Å². The van der Waals surface area contributed by atoms with Gasteiger partial charge in [-0.25, -0.2) is 0 Å². The molecular formula is C26H27ClO3P2V+2. The van der Waals surface area contributed by atoms with Crippen LogP contribution in [0.2, 0.25) is 0 Å². The van der Waals surface area contributed by atoms with Crippen molar-refractivity contribution in [3.63, 3.8) is 0 Å². The van der Waals surface area contributed by atoms with Crippen LogP contribution < -0.4 is 21.2 Å². The number of hydrogen-bond acceptors (Lipinski definition) is 3. The molecule has 4 rings (SSSR count). The molecule has 0 bridgehead atoms. The summed E-state index contributed by atoms with van der Waals surface area (Å²) in [6.45, 7) is 0. The molecule has 0 fully saturated rings. The van der Waals surface area contributed by atoms with Crippen molar-refractivity contribution in [3.05, 3.63) is 109 Å². The van der Waals surface area contributed by atoms with Gasteiger partial charge in [-0.15, -0.1) is 12.4 Å². The van der Waals surface area contributed by atoms with E-state index in [-0.39, 0.29) is 12.4 Å². The number of rotatable bonds is 7. The van der Waals surface area contributed by atoms with E-state index in [0.29, 0.717) is 11.5 Å². The Hall–Kier alpha value is -1.99. The van der Waals surface area contributed by atoms with Crippen molar-refractivity contribution in [2.75, 3.05) is 12.3 Å². The average molecular weight is 536 g/mol. The van der Waals surface area contributed by atoms with Gasteiger partial charge >= 0.3 is 21.0 Å². The molecule has 2 unspecified atom stereocenters. The molecule has 0 amide bonds. The number of aromatic hydroxyl groups is 2. The topological polar surface area (TPSA) is 57.5 Å². The molecule has 169 valence electrons. The van der Waals surface area contributed by atoms with Crippen LogP contribution in [0.5, 0.6) is 11.5 Å². The van der Waals surface area contributed by atoms with E-state index in [2.05, 4.69) is 60.7 Å². The third-order valence-corrected chi connectivity index (χ3v) is 11.5. The monoisotopic (exact) mass is 535 g/mol. The number of halogens is 1. The van der Waals surface area contributed by atoms with Crippen LogP contribution in [-0.4, -0.2) is 22.5 Å². The van der Waals surface area contributed by atoms with E-state index in [9.17, 15) is 10.2 Å². The van der Waals surface area contributed by atoms with Gasteiger partial charge in [0.1, 0.15) is 22.9 Å². The van der Waals surface area contributed by atoms with Crippen molar-refractivity contribution < 1.29 is 31.3 Å². The van der Waals surface area contributed by atoms with Gasteiger partial charge in [0.25, 0.3) is 0 Å². The van der Waals surface area contributed by atoms with E-state index in [1.807, 2.05) is 36.4 Å². The van der Waals surface area contributed by atoms with Gasteiger partial charge in [-0.1, -0.05) is 60.7 Å². The Labute approximate surface area is 213 Å². The van der Waals surface area contributed by atoms with Gasteiger partial charge in [-0.2, -0.15) is 0 Å². The minimum absolute atomic E-state index is 0. The zero-order chi connectivity index (χ0) is 22.8. The molecule has 0 aliphatic carbocycles. The summed E-state index contributed by atoms with van der Waals surface area (Å²) < 4.78 is 8.19. The Morgan fingerprint density at radius 1 is 0.515 bits per heavy atom. The summed E-state index contributed by atoms with van der Waals surface area (Å²) in [4.78, 5) is 0. The van der Waals surface area contributed by atoms with Crippen LogP contribution >= 0.6 is 28.3 Å². The molecule has 0 spiro atoms. The normalized spacial score (nSPS) is 11.8. The Kier molecular flexibility index (Phi) is 11.8. The average Bonchev–Trinajstić information content (AvgIpc) is 2.86. The Bertz CT molecular complexity index is 1030. The van der Waals surface area contributed by atoms with Crippen LogP contribution in [-0.2, 0) is 21.0 Å². The second-order valence-electron chi connectivity index (χ2n) is 7.22. The zero-order valence-corrected chi connectivity index (χ0v) is 22.2. The number of para-hydroxylation sites is 2. The fraction of sp³-hybridized carbons (Fsp3) is 0.0769. The fourth-order valence-corrected chi connectivity index (χ4v) is 10.2. The van der Waals surface area contributed by atoms with Gasteiger partial charge in [0.15, 0.2) is 11.5 Å². The van der Waals surface area contributed by atoms with Crippen LogP contribution in [0.4, 0.5) is 0 Å². The molecule has 4 aromatic carbocycles. The van der Waals surface area contributed by atoms with Gasteiger partial charge in [0.2, 0.25) is 0 Å². The summed E-state index contributed by atoms with van der Waals surface area (Å²) >= 11 is 1.06. The van der Waals surface area contributed by atoms with Crippen molar-refractivity contribution in [2.24, 2.45) is 0 Å². The Morgan fingerprint density at radius 2 is 0.818 bits per heavy atom. The first-order chi connectivity index (χ1) is 15.7. The van der Waals surface area contributed by atoms with Gasteiger partial charge in [0.05, 0.1) is 26.5 Å².